The SMILES string of the molecule is CCOC(=O)/C=C/CNC1CCC(C)CC1C. The summed E-state index contributed by atoms with van der Waals surface area (Å²) in [5.74, 6) is 1.34. The first-order valence-electron chi connectivity index (χ1n) is 6.70. The van der Waals surface area contributed by atoms with Gasteiger partial charge in [0.15, 0.2) is 0 Å². The predicted molar refractivity (Wildman–Crippen MR) is 69.7 cm³/mol. The zero-order valence-electron chi connectivity index (χ0n) is 11.2. The van der Waals surface area contributed by atoms with Crippen LogP contribution < -0.4 is 5.32 Å². The number of nitrogens with one attached hydrogen (secondary N) is 1. The molecule has 98 valence electrons. The summed E-state index contributed by atoms with van der Waals surface area (Å²) in [5.41, 5.74) is 0. The number of rotatable bonds is 5. The van der Waals surface area contributed by atoms with E-state index < -0.39 is 0 Å². The van der Waals surface area contributed by atoms with E-state index in [1.54, 1.807) is 0 Å². The van der Waals surface area contributed by atoms with Crippen molar-refractivity contribution in [3.63, 3.8) is 0 Å². The highest BCUT2D eigenvalue weighted by Gasteiger charge is 2.24. The third-order valence-corrected chi connectivity index (χ3v) is 3.47. The van der Waals surface area contributed by atoms with E-state index in [1.807, 2.05) is 13.0 Å². The van der Waals surface area contributed by atoms with Crippen LogP contribution in [-0.4, -0.2) is 25.2 Å². The van der Waals surface area contributed by atoms with Gasteiger partial charge in [-0.05, 0) is 38.0 Å². The molecule has 0 aromatic heterocycles. The second kappa shape index (κ2) is 7.49. The lowest BCUT2D eigenvalue weighted by Gasteiger charge is -2.33. The Morgan fingerprint density at radius 3 is 2.82 bits per heavy atom. The highest BCUT2D eigenvalue weighted by atomic mass is 16.5. The van der Waals surface area contributed by atoms with Crippen molar-refractivity contribution < 1.29 is 9.53 Å². The van der Waals surface area contributed by atoms with Gasteiger partial charge in [0.25, 0.3) is 0 Å². The van der Waals surface area contributed by atoms with Crippen LogP contribution in [0.2, 0.25) is 0 Å². The van der Waals surface area contributed by atoms with Gasteiger partial charge in [-0.3, -0.25) is 0 Å². The summed E-state index contributed by atoms with van der Waals surface area (Å²) >= 11 is 0. The average Bonchev–Trinajstić information content (AvgIpc) is 2.27. The summed E-state index contributed by atoms with van der Waals surface area (Å²) in [4.78, 5) is 11.1. The summed E-state index contributed by atoms with van der Waals surface area (Å²) in [7, 11) is 0. The van der Waals surface area contributed by atoms with Gasteiger partial charge in [-0.25, -0.2) is 4.79 Å². The zero-order valence-corrected chi connectivity index (χ0v) is 11.2. The normalized spacial score (nSPS) is 29.5. The van der Waals surface area contributed by atoms with Crippen LogP contribution in [0.15, 0.2) is 12.2 Å². The van der Waals surface area contributed by atoms with Gasteiger partial charge in [0, 0.05) is 18.7 Å². The van der Waals surface area contributed by atoms with Gasteiger partial charge in [0.1, 0.15) is 0 Å². The summed E-state index contributed by atoms with van der Waals surface area (Å²) in [5, 5.41) is 3.49. The second-order valence-corrected chi connectivity index (χ2v) is 5.06. The molecule has 0 heterocycles. The first-order valence-corrected chi connectivity index (χ1v) is 6.70. The molecule has 3 heteroatoms. The van der Waals surface area contributed by atoms with Crippen LogP contribution in [0.5, 0.6) is 0 Å². The number of esters is 1. The van der Waals surface area contributed by atoms with Crippen molar-refractivity contribution in [1.29, 1.82) is 0 Å². The number of carbonyl (C=O) groups excluding carboxylic acids is 1. The van der Waals surface area contributed by atoms with Crippen LogP contribution >= 0.6 is 0 Å². The van der Waals surface area contributed by atoms with E-state index in [1.165, 1.54) is 25.3 Å². The Kier molecular flexibility index (Phi) is 6.27. The van der Waals surface area contributed by atoms with Gasteiger partial charge in [0.05, 0.1) is 6.61 Å². The molecular weight excluding hydrogens is 214 g/mol. The molecule has 1 fully saturated rings. The lowest BCUT2D eigenvalue weighted by Crippen LogP contribution is -2.39. The van der Waals surface area contributed by atoms with Crippen LogP contribution in [0.1, 0.15) is 40.0 Å². The van der Waals surface area contributed by atoms with Crippen LogP contribution in [0.3, 0.4) is 0 Å². The molecule has 0 aromatic carbocycles. The van der Waals surface area contributed by atoms with Crippen LogP contribution in [-0.2, 0) is 9.53 Å². The molecule has 1 aliphatic rings. The standard InChI is InChI=1S/C14H25NO2/c1-4-17-14(16)6-5-9-15-13-8-7-11(2)10-12(13)3/h5-6,11-13,15H,4,7-10H2,1-3H3/b6-5+. The lowest BCUT2D eigenvalue weighted by molar-refractivity contribution is -0.137. The Bertz CT molecular complexity index is 263. The Morgan fingerprint density at radius 2 is 2.18 bits per heavy atom. The molecule has 0 aromatic rings. The molecule has 1 rings (SSSR count). The van der Waals surface area contributed by atoms with E-state index in [0.717, 1.165) is 18.4 Å². The Balaban J connectivity index is 2.20. The van der Waals surface area contributed by atoms with Crippen molar-refractivity contribution >= 4 is 5.97 Å². The third-order valence-electron chi connectivity index (χ3n) is 3.47. The fourth-order valence-corrected chi connectivity index (χ4v) is 2.53. The molecule has 3 nitrogen and oxygen atoms in total. The number of hydrogen-bond acceptors (Lipinski definition) is 3. The van der Waals surface area contributed by atoms with E-state index in [-0.39, 0.29) is 5.97 Å². The maximum absolute atomic E-state index is 11.1. The minimum atomic E-state index is -0.250. The number of ether oxygens (including phenoxy) is 1. The van der Waals surface area contributed by atoms with E-state index in [2.05, 4.69) is 19.2 Å². The van der Waals surface area contributed by atoms with Gasteiger partial charge >= 0.3 is 5.97 Å². The highest BCUT2D eigenvalue weighted by molar-refractivity contribution is 5.81. The first-order chi connectivity index (χ1) is 8.13. The predicted octanol–water partition coefficient (Wildman–Crippen LogP) is 2.52. The molecule has 0 saturated heterocycles. The van der Waals surface area contributed by atoms with Crippen molar-refractivity contribution in [2.24, 2.45) is 11.8 Å². The topological polar surface area (TPSA) is 38.3 Å². The van der Waals surface area contributed by atoms with Gasteiger partial charge in [-0.2, -0.15) is 0 Å². The maximum Gasteiger partial charge on any atom is 0.330 e. The van der Waals surface area contributed by atoms with Crippen molar-refractivity contribution in [3.05, 3.63) is 12.2 Å². The molecule has 1 saturated carbocycles. The van der Waals surface area contributed by atoms with Gasteiger partial charge in [0.2, 0.25) is 0 Å². The molecule has 1 aliphatic carbocycles. The van der Waals surface area contributed by atoms with Crippen LogP contribution in [0.25, 0.3) is 0 Å². The molecule has 0 bridgehead atoms. The molecule has 0 amide bonds. The van der Waals surface area contributed by atoms with Gasteiger partial charge < -0.3 is 10.1 Å². The Hall–Kier alpha value is -0.830. The summed E-state index contributed by atoms with van der Waals surface area (Å²) in [6.45, 7) is 7.64. The van der Waals surface area contributed by atoms with Crippen LogP contribution in [0, 0.1) is 11.8 Å². The second-order valence-electron chi connectivity index (χ2n) is 5.06. The van der Waals surface area contributed by atoms with Crippen molar-refractivity contribution in [2.45, 2.75) is 46.1 Å². The van der Waals surface area contributed by atoms with Crippen LogP contribution in [0.4, 0.5) is 0 Å². The number of hydrogen-bond donors (Lipinski definition) is 1. The molecular formula is C14H25NO2. The van der Waals surface area contributed by atoms with E-state index in [4.69, 9.17) is 4.74 Å². The largest absolute Gasteiger partial charge is 0.463 e. The maximum atomic E-state index is 11.1. The van der Waals surface area contributed by atoms with Gasteiger partial charge in [-0.1, -0.05) is 19.9 Å². The van der Waals surface area contributed by atoms with Crippen molar-refractivity contribution in [3.8, 4) is 0 Å². The number of carbonyl (C=O) groups is 1. The Labute approximate surface area is 105 Å². The van der Waals surface area contributed by atoms with Crippen molar-refractivity contribution in [1.82, 2.24) is 5.32 Å². The molecule has 0 spiro atoms. The first kappa shape index (κ1) is 14.2. The molecule has 3 atom stereocenters. The molecule has 0 aliphatic heterocycles. The highest BCUT2D eigenvalue weighted by Crippen LogP contribution is 2.28. The van der Waals surface area contributed by atoms with E-state index in [0.29, 0.717) is 12.6 Å². The molecule has 1 N–H and O–H groups in total. The zero-order chi connectivity index (χ0) is 12.7. The average molecular weight is 239 g/mol. The van der Waals surface area contributed by atoms with E-state index in [9.17, 15) is 4.79 Å². The molecule has 3 unspecified atom stereocenters. The van der Waals surface area contributed by atoms with E-state index >= 15 is 0 Å². The summed E-state index contributed by atoms with van der Waals surface area (Å²) < 4.78 is 4.82. The fraction of sp³-hybridized carbons (Fsp3) is 0.786. The van der Waals surface area contributed by atoms with Gasteiger partial charge in [-0.15, -0.1) is 0 Å². The minimum absolute atomic E-state index is 0.250. The quantitative estimate of drug-likeness (QED) is 0.592. The smallest absolute Gasteiger partial charge is 0.330 e. The van der Waals surface area contributed by atoms with Crippen molar-refractivity contribution in [2.75, 3.05) is 13.2 Å². The monoisotopic (exact) mass is 239 g/mol. The minimum Gasteiger partial charge on any atom is -0.463 e. The third kappa shape index (κ3) is 5.35. The summed E-state index contributed by atoms with van der Waals surface area (Å²) in [6.07, 6.45) is 7.22. The lowest BCUT2D eigenvalue weighted by atomic mass is 9.80. The molecule has 17 heavy (non-hydrogen) atoms. The molecule has 0 radical (unpaired) electrons. The Morgan fingerprint density at radius 1 is 1.41 bits per heavy atom. The fourth-order valence-electron chi connectivity index (χ4n) is 2.53. The summed E-state index contributed by atoms with van der Waals surface area (Å²) in [6, 6.07) is 0.595.